The van der Waals surface area contributed by atoms with Gasteiger partial charge in [0, 0.05) is 17.6 Å². The summed E-state index contributed by atoms with van der Waals surface area (Å²) in [6.07, 6.45) is -4.60. The molecule has 140 valence electrons. The van der Waals surface area contributed by atoms with Crippen LogP contribution in [0.25, 0.3) is 27.9 Å². The highest BCUT2D eigenvalue weighted by atomic mass is 19.4. The van der Waals surface area contributed by atoms with Crippen LogP contribution in [-0.4, -0.2) is 29.4 Å². The zero-order valence-electron chi connectivity index (χ0n) is 14.7. The number of hydrogen-bond acceptors (Lipinski definition) is 4. The summed E-state index contributed by atoms with van der Waals surface area (Å²) in [5.74, 6) is 0.250. The van der Waals surface area contributed by atoms with Gasteiger partial charge in [-0.15, -0.1) is 5.10 Å². The fourth-order valence-corrected chi connectivity index (χ4v) is 3.33. The van der Waals surface area contributed by atoms with Crippen molar-refractivity contribution in [1.29, 1.82) is 0 Å². The van der Waals surface area contributed by atoms with Gasteiger partial charge < -0.3 is 4.98 Å². The van der Waals surface area contributed by atoms with E-state index in [0.717, 1.165) is 16.3 Å². The minimum atomic E-state index is -4.60. The summed E-state index contributed by atoms with van der Waals surface area (Å²) in [6.45, 7) is 6.24. The number of halogens is 3. The molecule has 0 amide bonds. The van der Waals surface area contributed by atoms with Crippen molar-refractivity contribution in [3.8, 4) is 11.4 Å². The van der Waals surface area contributed by atoms with Crippen molar-refractivity contribution >= 4 is 16.6 Å². The molecular formula is C17H15F3N6O. The number of benzene rings is 1. The zero-order valence-corrected chi connectivity index (χ0v) is 14.7. The average Bonchev–Trinajstić information content (AvgIpc) is 3.15. The van der Waals surface area contributed by atoms with Gasteiger partial charge in [-0.2, -0.15) is 22.8 Å². The standard InChI is InChI=1S/C17H15F3N6O/c1-4-25-9(3)12(8(2)23-25)14-22-15-10-6-5-7-11(17(18,19)20)13(10)21-16(27)26(15)24-14/h5-7H,4H2,1-3H3,(H,21,27). The molecule has 0 fully saturated rings. The minimum absolute atomic E-state index is 0.0675. The molecule has 10 heteroatoms. The molecule has 0 saturated carbocycles. The van der Waals surface area contributed by atoms with Gasteiger partial charge in [-0.05, 0) is 32.9 Å². The molecule has 1 N–H and O–H groups in total. The predicted octanol–water partition coefficient (Wildman–Crippen LogP) is 3.09. The number of rotatable bonds is 2. The number of nitrogens with zero attached hydrogens (tertiary/aromatic N) is 5. The Morgan fingerprint density at radius 1 is 1.19 bits per heavy atom. The monoisotopic (exact) mass is 376 g/mol. The zero-order chi connectivity index (χ0) is 19.5. The van der Waals surface area contributed by atoms with Crippen molar-refractivity contribution in [3.63, 3.8) is 0 Å². The molecule has 0 radical (unpaired) electrons. The Labute approximate surface area is 150 Å². The van der Waals surface area contributed by atoms with Crippen LogP contribution in [0, 0.1) is 13.8 Å². The summed E-state index contributed by atoms with van der Waals surface area (Å²) in [4.78, 5) is 19.0. The van der Waals surface area contributed by atoms with Gasteiger partial charge in [0.05, 0.1) is 22.3 Å². The van der Waals surface area contributed by atoms with Crippen LogP contribution >= 0.6 is 0 Å². The van der Waals surface area contributed by atoms with E-state index in [0.29, 0.717) is 17.8 Å². The van der Waals surface area contributed by atoms with E-state index in [4.69, 9.17) is 0 Å². The second kappa shape index (κ2) is 5.66. The Balaban J connectivity index is 2.07. The first-order chi connectivity index (χ1) is 12.7. The summed E-state index contributed by atoms with van der Waals surface area (Å²) in [5, 5.41) is 8.79. The van der Waals surface area contributed by atoms with E-state index >= 15 is 0 Å². The van der Waals surface area contributed by atoms with Gasteiger partial charge in [-0.1, -0.05) is 6.07 Å². The maximum atomic E-state index is 13.3. The fraction of sp³-hybridized carbons (Fsp3) is 0.294. The molecule has 27 heavy (non-hydrogen) atoms. The number of H-pyrrole nitrogens is 1. The van der Waals surface area contributed by atoms with Crippen LogP contribution in [0.4, 0.5) is 13.2 Å². The second-order valence-electron chi connectivity index (χ2n) is 6.19. The van der Waals surface area contributed by atoms with Gasteiger partial charge in [0.25, 0.3) is 0 Å². The lowest BCUT2D eigenvalue weighted by Crippen LogP contribution is -2.19. The summed E-state index contributed by atoms with van der Waals surface area (Å²) < 4.78 is 42.6. The van der Waals surface area contributed by atoms with Gasteiger partial charge >= 0.3 is 11.9 Å². The Morgan fingerprint density at radius 2 is 1.93 bits per heavy atom. The van der Waals surface area contributed by atoms with E-state index in [1.54, 1.807) is 11.6 Å². The van der Waals surface area contributed by atoms with E-state index in [9.17, 15) is 18.0 Å². The molecule has 0 saturated heterocycles. The van der Waals surface area contributed by atoms with Crippen molar-refractivity contribution in [2.75, 3.05) is 0 Å². The molecule has 0 aliphatic heterocycles. The summed E-state index contributed by atoms with van der Waals surface area (Å²) in [5.41, 5.74) is 0.225. The highest BCUT2D eigenvalue weighted by molar-refractivity contribution is 5.93. The lowest BCUT2D eigenvalue weighted by molar-refractivity contribution is -0.136. The van der Waals surface area contributed by atoms with E-state index in [1.807, 2.05) is 13.8 Å². The summed E-state index contributed by atoms with van der Waals surface area (Å²) in [7, 11) is 0. The van der Waals surface area contributed by atoms with Crippen LogP contribution in [0.2, 0.25) is 0 Å². The van der Waals surface area contributed by atoms with Crippen molar-refractivity contribution in [1.82, 2.24) is 29.4 Å². The number of para-hydroxylation sites is 1. The third kappa shape index (κ3) is 2.51. The van der Waals surface area contributed by atoms with E-state index in [1.165, 1.54) is 12.1 Å². The van der Waals surface area contributed by atoms with Crippen molar-refractivity contribution in [2.45, 2.75) is 33.5 Å². The molecule has 3 heterocycles. The largest absolute Gasteiger partial charge is 0.418 e. The number of nitrogens with one attached hydrogen (secondary N) is 1. The number of hydrogen-bond donors (Lipinski definition) is 1. The maximum absolute atomic E-state index is 13.3. The molecule has 0 aliphatic carbocycles. The molecule has 4 rings (SSSR count). The highest BCUT2D eigenvalue weighted by Gasteiger charge is 2.33. The molecular weight excluding hydrogens is 361 g/mol. The number of alkyl halides is 3. The van der Waals surface area contributed by atoms with Crippen LogP contribution in [0.15, 0.2) is 23.0 Å². The normalized spacial score (nSPS) is 12.4. The van der Waals surface area contributed by atoms with Crippen LogP contribution in [0.5, 0.6) is 0 Å². The highest BCUT2D eigenvalue weighted by Crippen LogP contribution is 2.34. The topological polar surface area (TPSA) is 80.9 Å². The van der Waals surface area contributed by atoms with Crippen molar-refractivity contribution in [3.05, 3.63) is 45.6 Å². The number of fused-ring (bicyclic) bond motifs is 3. The first-order valence-electron chi connectivity index (χ1n) is 8.25. The Kier molecular flexibility index (Phi) is 3.62. The lowest BCUT2D eigenvalue weighted by Gasteiger charge is -2.09. The van der Waals surface area contributed by atoms with E-state index < -0.39 is 17.4 Å². The molecule has 4 aromatic rings. The van der Waals surface area contributed by atoms with Gasteiger partial charge in [-0.25, -0.2) is 9.78 Å². The maximum Gasteiger partial charge on any atom is 0.418 e. The van der Waals surface area contributed by atoms with Gasteiger partial charge in [-0.3, -0.25) is 4.68 Å². The number of aromatic nitrogens is 6. The first-order valence-corrected chi connectivity index (χ1v) is 8.25. The Morgan fingerprint density at radius 3 is 2.56 bits per heavy atom. The SMILES string of the molecule is CCn1nc(C)c(-c2nc3c4cccc(C(F)(F)F)c4[nH]c(=O)n3n2)c1C. The molecule has 0 bridgehead atoms. The van der Waals surface area contributed by atoms with Crippen LogP contribution in [0.1, 0.15) is 23.9 Å². The van der Waals surface area contributed by atoms with Crippen molar-refractivity contribution in [2.24, 2.45) is 0 Å². The smallest absolute Gasteiger partial charge is 0.305 e. The Hall–Kier alpha value is -3.17. The summed E-state index contributed by atoms with van der Waals surface area (Å²) >= 11 is 0. The van der Waals surface area contributed by atoms with Crippen LogP contribution < -0.4 is 5.69 Å². The molecule has 1 aromatic carbocycles. The molecule has 3 aromatic heterocycles. The lowest BCUT2D eigenvalue weighted by atomic mass is 10.1. The average molecular weight is 376 g/mol. The van der Waals surface area contributed by atoms with Crippen LogP contribution in [0.3, 0.4) is 0 Å². The minimum Gasteiger partial charge on any atom is -0.305 e. The molecule has 7 nitrogen and oxygen atoms in total. The molecule has 0 spiro atoms. The van der Waals surface area contributed by atoms with E-state index in [2.05, 4.69) is 20.2 Å². The van der Waals surface area contributed by atoms with Gasteiger partial charge in [0.1, 0.15) is 0 Å². The first kappa shape index (κ1) is 17.3. The third-order valence-corrected chi connectivity index (χ3v) is 4.55. The second-order valence-corrected chi connectivity index (χ2v) is 6.19. The number of aromatic amines is 1. The molecule has 0 atom stereocenters. The van der Waals surface area contributed by atoms with Gasteiger partial charge in [0.15, 0.2) is 11.5 Å². The molecule has 0 unspecified atom stereocenters. The summed E-state index contributed by atoms with van der Waals surface area (Å²) in [6, 6.07) is 3.68. The number of aryl methyl sites for hydroxylation is 2. The van der Waals surface area contributed by atoms with Gasteiger partial charge in [0.2, 0.25) is 0 Å². The van der Waals surface area contributed by atoms with E-state index in [-0.39, 0.29) is 22.4 Å². The third-order valence-electron chi connectivity index (χ3n) is 4.55. The molecule has 0 aliphatic rings. The Bertz CT molecular complexity index is 1250. The van der Waals surface area contributed by atoms with Crippen LogP contribution in [-0.2, 0) is 12.7 Å². The quantitative estimate of drug-likeness (QED) is 0.583. The predicted molar refractivity (Wildman–Crippen MR) is 92.5 cm³/mol. The van der Waals surface area contributed by atoms with Crippen molar-refractivity contribution < 1.29 is 13.2 Å². The fourth-order valence-electron chi connectivity index (χ4n) is 3.33.